The second kappa shape index (κ2) is 13.0. The van der Waals surface area contributed by atoms with Gasteiger partial charge in [0, 0.05) is 13.2 Å². The molecule has 1 atom stereocenters. The van der Waals surface area contributed by atoms with Gasteiger partial charge >= 0.3 is 0 Å². The number of rotatable bonds is 13. The number of hydrogen-bond acceptors (Lipinski definition) is 4. The van der Waals surface area contributed by atoms with Gasteiger partial charge in [-0.25, -0.2) is 0 Å². The van der Waals surface area contributed by atoms with E-state index < -0.39 is 0 Å². The lowest BCUT2D eigenvalue weighted by Gasteiger charge is -2.17. The molecule has 0 aliphatic rings. The summed E-state index contributed by atoms with van der Waals surface area (Å²) in [5.41, 5.74) is 0. The van der Waals surface area contributed by atoms with Crippen molar-refractivity contribution in [1.82, 2.24) is 0 Å². The minimum absolute atomic E-state index is 0.0363. The lowest BCUT2D eigenvalue weighted by molar-refractivity contribution is -0.124. The van der Waals surface area contributed by atoms with Gasteiger partial charge in [0.2, 0.25) is 0 Å². The van der Waals surface area contributed by atoms with Crippen LogP contribution in [-0.4, -0.2) is 44.9 Å². The van der Waals surface area contributed by atoms with Crippen LogP contribution in [0, 0.1) is 0 Å². The van der Waals surface area contributed by atoms with E-state index in [2.05, 4.69) is 13.8 Å². The van der Waals surface area contributed by atoms with Crippen molar-refractivity contribution < 1.29 is 19.0 Å². The van der Waals surface area contributed by atoms with Crippen LogP contribution in [0.15, 0.2) is 0 Å². The van der Waals surface area contributed by atoms with Crippen molar-refractivity contribution in [3.8, 4) is 0 Å². The lowest BCUT2D eigenvalue weighted by atomic mass is 10.3. The Bertz CT molecular complexity index is 194. The highest BCUT2D eigenvalue weighted by atomic mass is 16.6. The van der Waals surface area contributed by atoms with Crippen LogP contribution in [0.25, 0.3) is 0 Å². The molecule has 0 aliphatic heterocycles. The first-order chi connectivity index (χ1) is 8.70. The molecule has 0 aromatic carbocycles. The van der Waals surface area contributed by atoms with Gasteiger partial charge in [-0.1, -0.05) is 26.7 Å². The van der Waals surface area contributed by atoms with Gasteiger partial charge in [-0.2, -0.15) is 0 Å². The summed E-state index contributed by atoms with van der Waals surface area (Å²) in [6.07, 6.45) is 4.28. The van der Waals surface area contributed by atoms with Crippen LogP contribution < -0.4 is 0 Å². The van der Waals surface area contributed by atoms with E-state index in [1.54, 1.807) is 0 Å². The SMILES string of the molecule is CCCCOCC(COCC(C)=O)OCCCC. The maximum Gasteiger partial charge on any atom is 0.155 e. The van der Waals surface area contributed by atoms with Crippen LogP contribution in [0.1, 0.15) is 46.5 Å². The molecule has 0 rings (SSSR count). The van der Waals surface area contributed by atoms with Crippen LogP contribution in [0.2, 0.25) is 0 Å². The first-order valence-electron chi connectivity index (χ1n) is 6.97. The topological polar surface area (TPSA) is 44.8 Å². The van der Waals surface area contributed by atoms with Crippen LogP contribution in [0.5, 0.6) is 0 Å². The number of carbonyl (C=O) groups excluding carboxylic acids is 1. The fourth-order valence-electron chi connectivity index (χ4n) is 1.33. The Morgan fingerprint density at radius 2 is 1.61 bits per heavy atom. The molecule has 0 aromatic heterocycles. The van der Waals surface area contributed by atoms with Gasteiger partial charge in [0.25, 0.3) is 0 Å². The van der Waals surface area contributed by atoms with Crippen molar-refractivity contribution in [2.45, 2.75) is 52.6 Å². The van der Waals surface area contributed by atoms with Gasteiger partial charge in [0.1, 0.15) is 12.7 Å². The molecule has 18 heavy (non-hydrogen) atoms. The third-order valence-electron chi connectivity index (χ3n) is 2.41. The Hall–Kier alpha value is -0.450. The molecule has 108 valence electrons. The Morgan fingerprint density at radius 1 is 1.00 bits per heavy atom. The van der Waals surface area contributed by atoms with E-state index in [0.717, 1.165) is 38.9 Å². The fourth-order valence-corrected chi connectivity index (χ4v) is 1.33. The summed E-state index contributed by atoms with van der Waals surface area (Å²) in [5, 5.41) is 0. The molecule has 0 spiro atoms. The lowest BCUT2D eigenvalue weighted by Crippen LogP contribution is -2.27. The average molecular weight is 260 g/mol. The molecular formula is C14H28O4. The predicted octanol–water partition coefficient (Wildman–Crippen LogP) is 2.59. The maximum absolute atomic E-state index is 10.8. The molecule has 4 heteroatoms. The Morgan fingerprint density at radius 3 is 2.22 bits per heavy atom. The van der Waals surface area contributed by atoms with Crippen molar-refractivity contribution in [2.24, 2.45) is 0 Å². The van der Waals surface area contributed by atoms with E-state index in [9.17, 15) is 4.79 Å². The number of ketones is 1. The predicted molar refractivity (Wildman–Crippen MR) is 71.9 cm³/mol. The normalized spacial score (nSPS) is 12.6. The Balaban J connectivity index is 3.72. The number of carbonyl (C=O) groups is 1. The zero-order chi connectivity index (χ0) is 13.6. The van der Waals surface area contributed by atoms with Crippen molar-refractivity contribution in [3.05, 3.63) is 0 Å². The van der Waals surface area contributed by atoms with E-state index in [1.165, 1.54) is 6.92 Å². The van der Waals surface area contributed by atoms with Crippen molar-refractivity contribution >= 4 is 5.78 Å². The summed E-state index contributed by atoms with van der Waals surface area (Å²) >= 11 is 0. The average Bonchev–Trinajstić information content (AvgIpc) is 2.33. The molecular weight excluding hydrogens is 232 g/mol. The van der Waals surface area contributed by atoms with Crippen LogP contribution in [0.4, 0.5) is 0 Å². The molecule has 0 saturated carbocycles. The molecule has 0 N–H and O–H groups in total. The highest BCUT2D eigenvalue weighted by molar-refractivity contribution is 5.76. The molecule has 0 radical (unpaired) electrons. The Labute approximate surface area is 111 Å². The van der Waals surface area contributed by atoms with E-state index in [4.69, 9.17) is 14.2 Å². The van der Waals surface area contributed by atoms with Gasteiger partial charge in [-0.15, -0.1) is 0 Å². The van der Waals surface area contributed by atoms with Crippen LogP contribution >= 0.6 is 0 Å². The molecule has 0 amide bonds. The molecule has 0 aliphatic carbocycles. The molecule has 0 aromatic rings. The fraction of sp³-hybridized carbons (Fsp3) is 0.929. The van der Waals surface area contributed by atoms with Crippen molar-refractivity contribution in [3.63, 3.8) is 0 Å². The molecule has 0 saturated heterocycles. The zero-order valence-corrected chi connectivity index (χ0v) is 12.1. The van der Waals surface area contributed by atoms with Crippen LogP contribution in [0.3, 0.4) is 0 Å². The second-order valence-electron chi connectivity index (χ2n) is 4.49. The Kier molecular flexibility index (Phi) is 12.7. The van der Waals surface area contributed by atoms with Gasteiger partial charge in [0.05, 0.1) is 13.2 Å². The summed E-state index contributed by atoms with van der Waals surface area (Å²) in [7, 11) is 0. The molecule has 0 fully saturated rings. The number of hydrogen-bond donors (Lipinski definition) is 0. The number of Topliss-reactive ketones (excluding diaryl/α,β-unsaturated/α-hetero) is 1. The summed E-state index contributed by atoms with van der Waals surface area (Å²) in [5.74, 6) is 0.0363. The molecule has 4 nitrogen and oxygen atoms in total. The monoisotopic (exact) mass is 260 g/mol. The molecule has 1 unspecified atom stereocenters. The number of ether oxygens (including phenoxy) is 3. The van der Waals surface area contributed by atoms with Crippen molar-refractivity contribution in [1.29, 1.82) is 0 Å². The van der Waals surface area contributed by atoms with Gasteiger partial charge in [-0.05, 0) is 19.8 Å². The van der Waals surface area contributed by atoms with Crippen molar-refractivity contribution in [2.75, 3.05) is 33.0 Å². The van der Waals surface area contributed by atoms with Gasteiger partial charge in [-0.3, -0.25) is 4.79 Å². The summed E-state index contributed by atoms with van der Waals surface area (Å²) < 4.78 is 16.5. The van der Waals surface area contributed by atoms with Crippen LogP contribution in [-0.2, 0) is 19.0 Å². The smallest absolute Gasteiger partial charge is 0.155 e. The summed E-state index contributed by atoms with van der Waals surface area (Å²) in [6.45, 7) is 8.39. The largest absolute Gasteiger partial charge is 0.379 e. The standard InChI is InChI=1S/C14H28O4/c1-4-6-8-16-11-14(18-9-7-5-2)12-17-10-13(3)15/h14H,4-12H2,1-3H3. The zero-order valence-electron chi connectivity index (χ0n) is 12.1. The minimum Gasteiger partial charge on any atom is -0.379 e. The third kappa shape index (κ3) is 12.0. The van der Waals surface area contributed by atoms with E-state index in [0.29, 0.717) is 13.2 Å². The van der Waals surface area contributed by atoms with Gasteiger partial charge in [0.15, 0.2) is 5.78 Å². The highest BCUT2D eigenvalue weighted by Crippen LogP contribution is 2.00. The number of unbranched alkanes of at least 4 members (excludes halogenated alkanes) is 2. The summed E-state index contributed by atoms with van der Waals surface area (Å²) in [6, 6.07) is 0. The quantitative estimate of drug-likeness (QED) is 0.477. The minimum atomic E-state index is -0.0623. The molecule has 0 heterocycles. The summed E-state index contributed by atoms with van der Waals surface area (Å²) in [4.78, 5) is 10.8. The second-order valence-corrected chi connectivity index (χ2v) is 4.49. The van der Waals surface area contributed by atoms with E-state index in [1.807, 2.05) is 0 Å². The van der Waals surface area contributed by atoms with E-state index >= 15 is 0 Å². The highest BCUT2D eigenvalue weighted by Gasteiger charge is 2.10. The maximum atomic E-state index is 10.8. The van der Waals surface area contributed by atoms with E-state index in [-0.39, 0.29) is 18.5 Å². The first kappa shape index (κ1) is 17.6. The molecule has 0 bridgehead atoms. The first-order valence-corrected chi connectivity index (χ1v) is 6.97. The third-order valence-corrected chi connectivity index (χ3v) is 2.41. The van der Waals surface area contributed by atoms with Gasteiger partial charge < -0.3 is 14.2 Å².